The van der Waals surface area contributed by atoms with Gasteiger partial charge < -0.3 is 14.7 Å². The standard InChI is InChI=1S/C22H23ClN4O2/c23-19-7-3-1-5-17(19)9-10-21-24-22(18-6-2-4-8-20(18)28)27(25-21)12-11-26-13-15-29-16-14-26/h1-10,28H,11-16H2/p+1/b10-9+. The van der Waals surface area contributed by atoms with Crippen molar-refractivity contribution in [3.63, 3.8) is 0 Å². The van der Waals surface area contributed by atoms with E-state index in [9.17, 15) is 5.11 Å². The molecule has 0 aliphatic carbocycles. The summed E-state index contributed by atoms with van der Waals surface area (Å²) in [5, 5.41) is 15.7. The molecule has 0 spiro atoms. The number of hydrogen-bond donors (Lipinski definition) is 2. The monoisotopic (exact) mass is 411 g/mol. The van der Waals surface area contributed by atoms with E-state index in [0.717, 1.165) is 38.4 Å². The predicted molar refractivity (Wildman–Crippen MR) is 114 cm³/mol. The molecule has 150 valence electrons. The van der Waals surface area contributed by atoms with Gasteiger partial charge in [0.2, 0.25) is 0 Å². The lowest BCUT2D eigenvalue weighted by Crippen LogP contribution is -3.14. The number of quaternary nitrogens is 1. The van der Waals surface area contributed by atoms with Gasteiger partial charge in [0.05, 0.1) is 31.9 Å². The molecule has 1 aliphatic heterocycles. The van der Waals surface area contributed by atoms with Gasteiger partial charge in [-0.15, -0.1) is 0 Å². The first-order valence-electron chi connectivity index (χ1n) is 9.78. The molecule has 2 heterocycles. The maximum absolute atomic E-state index is 10.3. The van der Waals surface area contributed by atoms with Crippen molar-refractivity contribution in [1.82, 2.24) is 14.8 Å². The van der Waals surface area contributed by atoms with Gasteiger partial charge in [-0.05, 0) is 35.9 Å². The number of para-hydroxylation sites is 1. The summed E-state index contributed by atoms with van der Waals surface area (Å²) >= 11 is 6.24. The fourth-order valence-electron chi connectivity index (χ4n) is 3.40. The number of nitrogens with one attached hydrogen (secondary N) is 1. The predicted octanol–water partition coefficient (Wildman–Crippen LogP) is 2.39. The van der Waals surface area contributed by atoms with E-state index >= 15 is 0 Å². The highest BCUT2D eigenvalue weighted by molar-refractivity contribution is 6.32. The molecule has 0 radical (unpaired) electrons. The van der Waals surface area contributed by atoms with E-state index in [-0.39, 0.29) is 5.75 Å². The Bertz CT molecular complexity index is 996. The van der Waals surface area contributed by atoms with Crippen LogP contribution in [-0.4, -0.2) is 52.7 Å². The summed E-state index contributed by atoms with van der Waals surface area (Å²) < 4.78 is 7.32. The Morgan fingerprint density at radius 3 is 2.62 bits per heavy atom. The van der Waals surface area contributed by atoms with Crippen LogP contribution < -0.4 is 4.90 Å². The van der Waals surface area contributed by atoms with E-state index in [1.165, 1.54) is 4.90 Å². The fraction of sp³-hybridized carbons (Fsp3) is 0.273. The molecule has 7 heteroatoms. The first-order valence-corrected chi connectivity index (χ1v) is 10.2. The zero-order chi connectivity index (χ0) is 20.1. The topological polar surface area (TPSA) is 64.6 Å². The molecule has 1 fully saturated rings. The molecular weight excluding hydrogens is 388 g/mol. The molecule has 0 saturated carbocycles. The highest BCUT2D eigenvalue weighted by Gasteiger charge is 2.18. The van der Waals surface area contributed by atoms with Crippen molar-refractivity contribution in [2.24, 2.45) is 0 Å². The van der Waals surface area contributed by atoms with E-state index in [4.69, 9.17) is 16.3 Å². The third kappa shape index (κ3) is 4.85. The summed E-state index contributed by atoms with van der Waals surface area (Å²) in [4.78, 5) is 6.17. The minimum Gasteiger partial charge on any atom is -0.507 e. The summed E-state index contributed by atoms with van der Waals surface area (Å²) in [5.74, 6) is 1.44. The van der Waals surface area contributed by atoms with Gasteiger partial charge >= 0.3 is 0 Å². The number of hydrogen-bond acceptors (Lipinski definition) is 4. The third-order valence-corrected chi connectivity index (χ3v) is 5.37. The van der Waals surface area contributed by atoms with E-state index in [1.54, 1.807) is 12.1 Å². The van der Waals surface area contributed by atoms with Crippen LogP contribution in [0.1, 0.15) is 11.4 Å². The van der Waals surface area contributed by atoms with Crippen molar-refractivity contribution < 1.29 is 14.7 Å². The van der Waals surface area contributed by atoms with Crippen LogP contribution in [0.3, 0.4) is 0 Å². The van der Waals surface area contributed by atoms with E-state index < -0.39 is 0 Å². The highest BCUT2D eigenvalue weighted by atomic mass is 35.5. The van der Waals surface area contributed by atoms with Gasteiger partial charge in [0.1, 0.15) is 18.8 Å². The number of aromatic nitrogens is 3. The first kappa shape index (κ1) is 19.6. The van der Waals surface area contributed by atoms with Gasteiger partial charge in [-0.3, -0.25) is 0 Å². The minimum atomic E-state index is 0.196. The Labute approximate surface area is 175 Å². The zero-order valence-corrected chi connectivity index (χ0v) is 16.8. The molecule has 2 aromatic carbocycles. The molecule has 3 aromatic rings. The molecule has 0 amide bonds. The second-order valence-corrected chi connectivity index (χ2v) is 7.41. The van der Waals surface area contributed by atoms with Gasteiger partial charge in [-0.2, -0.15) is 5.10 Å². The van der Waals surface area contributed by atoms with Gasteiger partial charge in [0, 0.05) is 5.02 Å². The second-order valence-electron chi connectivity index (χ2n) is 7.00. The number of nitrogens with zero attached hydrogens (tertiary/aromatic N) is 3. The smallest absolute Gasteiger partial charge is 0.174 e. The van der Waals surface area contributed by atoms with Crippen LogP contribution in [0.5, 0.6) is 5.75 Å². The lowest BCUT2D eigenvalue weighted by molar-refractivity contribution is -0.908. The second kappa shape index (κ2) is 9.22. The van der Waals surface area contributed by atoms with Gasteiger partial charge in [0.25, 0.3) is 0 Å². The van der Waals surface area contributed by atoms with Crippen LogP contribution in [-0.2, 0) is 11.3 Å². The molecule has 0 atom stereocenters. The molecule has 1 saturated heterocycles. The number of morpholine rings is 1. The van der Waals surface area contributed by atoms with E-state index in [0.29, 0.717) is 28.8 Å². The summed E-state index contributed by atoms with van der Waals surface area (Å²) in [6.45, 7) is 5.24. The molecule has 2 N–H and O–H groups in total. The summed E-state index contributed by atoms with van der Waals surface area (Å²) in [7, 11) is 0. The lowest BCUT2D eigenvalue weighted by atomic mass is 10.2. The molecular formula is C22H24ClN4O2+. The van der Waals surface area contributed by atoms with Crippen LogP contribution in [0.25, 0.3) is 23.5 Å². The number of ether oxygens (including phenoxy) is 1. The van der Waals surface area contributed by atoms with Gasteiger partial charge in [0.15, 0.2) is 11.6 Å². The molecule has 29 heavy (non-hydrogen) atoms. The van der Waals surface area contributed by atoms with Crippen molar-refractivity contribution in [2.75, 3.05) is 32.8 Å². The number of rotatable bonds is 6. The SMILES string of the molecule is Oc1ccccc1-c1nc(/C=C/c2ccccc2Cl)nn1CC[NH+]1CCOCC1. The summed E-state index contributed by atoms with van der Waals surface area (Å²) in [6.07, 6.45) is 3.76. The zero-order valence-electron chi connectivity index (χ0n) is 16.1. The third-order valence-electron chi connectivity index (χ3n) is 5.03. The fourth-order valence-corrected chi connectivity index (χ4v) is 3.60. The van der Waals surface area contributed by atoms with Crippen molar-refractivity contribution in [3.05, 3.63) is 64.9 Å². The highest BCUT2D eigenvalue weighted by Crippen LogP contribution is 2.27. The number of halogens is 1. The Balaban J connectivity index is 1.61. The average Bonchev–Trinajstić information content (AvgIpc) is 3.15. The quantitative estimate of drug-likeness (QED) is 0.653. The lowest BCUT2D eigenvalue weighted by Gasteiger charge is -2.23. The van der Waals surface area contributed by atoms with Crippen molar-refractivity contribution in [2.45, 2.75) is 6.54 Å². The maximum atomic E-state index is 10.3. The minimum absolute atomic E-state index is 0.196. The number of benzene rings is 2. The Morgan fingerprint density at radius 2 is 1.83 bits per heavy atom. The molecule has 6 nitrogen and oxygen atoms in total. The average molecular weight is 412 g/mol. The Hall–Kier alpha value is -2.67. The molecule has 1 aliphatic rings. The molecule has 0 unspecified atom stereocenters. The van der Waals surface area contributed by atoms with Crippen LogP contribution in [0.15, 0.2) is 48.5 Å². The molecule has 4 rings (SSSR count). The summed E-state index contributed by atoms with van der Waals surface area (Å²) in [6, 6.07) is 14.9. The largest absolute Gasteiger partial charge is 0.507 e. The Kier molecular flexibility index (Phi) is 6.24. The van der Waals surface area contributed by atoms with E-state index in [1.807, 2.05) is 53.2 Å². The molecule has 0 bridgehead atoms. The number of phenols is 1. The van der Waals surface area contributed by atoms with Crippen LogP contribution in [0, 0.1) is 0 Å². The van der Waals surface area contributed by atoms with Gasteiger partial charge in [-0.1, -0.05) is 41.9 Å². The van der Waals surface area contributed by atoms with Crippen LogP contribution in [0.2, 0.25) is 5.02 Å². The van der Waals surface area contributed by atoms with E-state index in [2.05, 4.69) is 10.1 Å². The molecule has 1 aromatic heterocycles. The normalized spacial score (nSPS) is 15.2. The number of aromatic hydroxyl groups is 1. The summed E-state index contributed by atoms with van der Waals surface area (Å²) in [5.41, 5.74) is 1.58. The van der Waals surface area contributed by atoms with Gasteiger partial charge in [-0.25, -0.2) is 9.67 Å². The Morgan fingerprint density at radius 1 is 1.07 bits per heavy atom. The van der Waals surface area contributed by atoms with Crippen LogP contribution in [0.4, 0.5) is 0 Å². The first-order chi connectivity index (χ1) is 14.2. The van der Waals surface area contributed by atoms with Crippen LogP contribution >= 0.6 is 11.6 Å². The van der Waals surface area contributed by atoms with Crippen molar-refractivity contribution >= 4 is 23.8 Å². The van der Waals surface area contributed by atoms with Crippen molar-refractivity contribution in [1.29, 1.82) is 0 Å². The maximum Gasteiger partial charge on any atom is 0.174 e. The van der Waals surface area contributed by atoms with Crippen molar-refractivity contribution in [3.8, 4) is 17.1 Å². The number of phenolic OH excluding ortho intramolecular Hbond substituents is 1.